The number of ketones is 1. The first-order chi connectivity index (χ1) is 11.8. The van der Waals surface area contributed by atoms with E-state index in [0.29, 0.717) is 11.1 Å². The Bertz CT molecular complexity index is 832. The van der Waals surface area contributed by atoms with Gasteiger partial charge in [-0.3, -0.25) is 4.79 Å². The lowest BCUT2D eigenvalue weighted by molar-refractivity contribution is 0.105. The second kappa shape index (κ2) is 7.42. The van der Waals surface area contributed by atoms with Gasteiger partial charge >= 0.3 is 0 Å². The van der Waals surface area contributed by atoms with Crippen LogP contribution in [-0.4, -0.2) is 12.9 Å². The van der Waals surface area contributed by atoms with Gasteiger partial charge < -0.3 is 4.74 Å². The summed E-state index contributed by atoms with van der Waals surface area (Å²) in [6.45, 7) is 0. The van der Waals surface area contributed by atoms with Crippen LogP contribution in [0.5, 0.6) is 5.75 Å². The molecule has 0 aliphatic rings. The zero-order chi connectivity index (χ0) is 16.8. The molecule has 0 unspecified atom stereocenters. The van der Waals surface area contributed by atoms with E-state index in [1.165, 1.54) is 0 Å². The van der Waals surface area contributed by atoms with Gasteiger partial charge in [0.15, 0.2) is 5.78 Å². The fourth-order valence-corrected chi connectivity index (χ4v) is 2.51. The highest BCUT2D eigenvalue weighted by Gasteiger charge is 2.14. The van der Waals surface area contributed by atoms with E-state index in [1.807, 2.05) is 66.7 Å². The molecule has 0 spiro atoms. The molecule has 0 saturated heterocycles. The highest BCUT2D eigenvalue weighted by atomic mass is 16.5. The van der Waals surface area contributed by atoms with Gasteiger partial charge in [0.25, 0.3) is 0 Å². The lowest BCUT2D eigenvalue weighted by Crippen LogP contribution is -2.03. The van der Waals surface area contributed by atoms with Gasteiger partial charge in [0.05, 0.1) is 7.11 Å². The fourth-order valence-electron chi connectivity index (χ4n) is 2.51. The molecule has 0 atom stereocenters. The van der Waals surface area contributed by atoms with Crippen molar-refractivity contribution in [3.63, 3.8) is 0 Å². The molecule has 0 aliphatic heterocycles. The number of hydrogen-bond acceptors (Lipinski definition) is 2. The van der Waals surface area contributed by atoms with E-state index in [1.54, 1.807) is 31.4 Å². The van der Waals surface area contributed by atoms with Crippen molar-refractivity contribution in [3.05, 3.63) is 102 Å². The first-order valence-electron chi connectivity index (χ1n) is 7.79. The molecule has 0 bridgehead atoms. The van der Waals surface area contributed by atoms with Gasteiger partial charge in [0, 0.05) is 11.1 Å². The number of rotatable bonds is 5. The summed E-state index contributed by atoms with van der Waals surface area (Å²) in [5.41, 5.74) is 3.22. The monoisotopic (exact) mass is 314 g/mol. The lowest BCUT2D eigenvalue weighted by atomic mass is 9.95. The highest BCUT2D eigenvalue weighted by molar-refractivity contribution is 6.32. The van der Waals surface area contributed by atoms with Crippen molar-refractivity contribution in [2.45, 2.75) is 0 Å². The molecule has 118 valence electrons. The number of carbonyl (C=O) groups is 1. The Morgan fingerprint density at radius 3 is 1.92 bits per heavy atom. The summed E-state index contributed by atoms with van der Waals surface area (Å²) >= 11 is 0. The number of benzene rings is 3. The first kappa shape index (κ1) is 15.8. The van der Waals surface area contributed by atoms with Gasteiger partial charge in [0.1, 0.15) is 5.75 Å². The second-order valence-electron chi connectivity index (χ2n) is 5.39. The van der Waals surface area contributed by atoms with Crippen LogP contribution in [0.15, 0.2) is 84.9 Å². The fraction of sp³-hybridized carbons (Fsp3) is 0.0455. The maximum Gasteiger partial charge on any atom is 0.193 e. The largest absolute Gasteiger partial charge is 0.497 e. The van der Waals surface area contributed by atoms with Crippen LogP contribution in [-0.2, 0) is 0 Å². The van der Waals surface area contributed by atoms with Crippen LogP contribution in [0, 0.1) is 0 Å². The molecule has 3 aromatic carbocycles. The van der Waals surface area contributed by atoms with E-state index >= 15 is 0 Å². The molecule has 24 heavy (non-hydrogen) atoms. The molecule has 2 nitrogen and oxygen atoms in total. The number of ether oxygens (including phenoxy) is 1. The van der Waals surface area contributed by atoms with Crippen molar-refractivity contribution in [2.75, 3.05) is 7.11 Å². The Balaban J connectivity index is 2.04. The van der Waals surface area contributed by atoms with Gasteiger partial charge in [-0.2, -0.15) is 0 Å². The number of hydrogen-bond donors (Lipinski definition) is 0. The van der Waals surface area contributed by atoms with E-state index < -0.39 is 0 Å². The lowest BCUT2D eigenvalue weighted by Gasteiger charge is -2.09. The van der Waals surface area contributed by atoms with Crippen LogP contribution in [0.1, 0.15) is 21.5 Å². The smallest absolute Gasteiger partial charge is 0.193 e. The third-order valence-corrected chi connectivity index (χ3v) is 3.79. The molecule has 0 amide bonds. The zero-order valence-electron chi connectivity index (χ0n) is 13.5. The Morgan fingerprint density at radius 1 is 0.750 bits per heavy atom. The summed E-state index contributed by atoms with van der Waals surface area (Å²) in [4.78, 5) is 13.0. The minimum Gasteiger partial charge on any atom is -0.497 e. The highest BCUT2D eigenvalue weighted by Crippen LogP contribution is 2.24. The topological polar surface area (TPSA) is 26.3 Å². The molecule has 0 heterocycles. The second-order valence-corrected chi connectivity index (χ2v) is 5.39. The van der Waals surface area contributed by atoms with E-state index in [2.05, 4.69) is 0 Å². The minimum atomic E-state index is -0.00675. The Morgan fingerprint density at radius 2 is 1.33 bits per heavy atom. The van der Waals surface area contributed by atoms with Crippen LogP contribution in [0.25, 0.3) is 11.6 Å². The third kappa shape index (κ3) is 3.61. The third-order valence-electron chi connectivity index (χ3n) is 3.79. The van der Waals surface area contributed by atoms with E-state index in [9.17, 15) is 4.79 Å². The van der Waals surface area contributed by atoms with Crippen molar-refractivity contribution in [3.8, 4) is 5.75 Å². The van der Waals surface area contributed by atoms with Gasteiger partial charge in [-0.25, -0.2) is 0 Å². The van der Waals surface area contributed by atoms with Crippen LogP contribution in [0.3, 0.4) is 0 Å². The molecular formula is C22H18O2. The summed E-state index contributed by atoms with van der Waals surface area (Å²) in [5.74, 6) is 0.729. The van der Waals surface area contributed by atoms with Crippen molar-refractivity contribution in [1.82, 2.24) is 0 Å². The standard InChI is InChI=1S/C22H18O2/c1-24-20-14-12-19(13-15-20)22(23)21(18-10-6-3-7-11-18)16-17-8-4-2-5-9-17/h2-16H,1H3/b21-16+. The minimum absolute atomic E-state index is 0.00675. The van der Waals surface area contributed by atoms with Crippen molar-refractivity contribution in [2.24, 2.45) is 0 Å². The molecule has 0 N–H and O–H groups in total. The number of carbonyl (C=O) groups excluding carboxylic acids is 1. The van der Waals surface area contributed by atoms with Crippen LogP contribution < -0.4 is 4.74 Å². The van der Waals surface area contributed by atoms with E-state index in [-0.39, 0.29) is 5.78 Å². The summed E-state index contributed by atoms with van der Waals surface area (Å²) < 4.78 is 5.16. The van der Waals surface area contributed by atoms with Gasteiger partial charge in [0.2, 0.25) is 0 Å². The molecule has 0 fully saturated rings. The van der Waals surface area contributed by atoms with E-state index in [0.717, 1.165) is 16.9 Å². The zero-order valence-corrected chi connectivity index (χ0v) is 13.5. The molecule has 0 radical (unpaired) electrons. The van der Waals surface area contributed by atoms with Gasteiger partial charge in [-0.1, -0.05) is 60.7 Å². The predicted molar refractivity (Wildman–Crippen MR) is 98.1 cm³/mol. The molecule has 0 aromatic heterocycles. The van der Waals surface area contributed by atoms with Gasteiger partial charge in [-0.05, 0) is 41.5 Å². The van der Waals surface area contributed by atoms with Crippen molar-refractivity contribution >= 4 is 17.4 Å². The average Bonchev–Trinajstić information content (AvgIpc) is 2.67. The van der Waals surface area contributed by atoms with E-state index in [4.69, 9.17) is 4.74 Å². The number of methoxy groups -OCH3 is 1. The van der Waals surface area contributed by atoms with Gasteiger partial charge in [-0.15, -0.1) is 0 Å². The molecule has 0 aliphatic carbocycles. The summed E-state index contributed by atoms with van der Waals surface area (Å²) in [5, 5.41) is 0. The van der Waals surface area contributed by atoms with Crippen molar-refractivity contribution < 1.29 is 9.53 Å². The summed E-state index contributed by atoms with van der Waals surface area (Å²) in [7, 11) is 1.61. The predicted octanol–water partition coefficient (Wildman–Crippen LogP) is 5.12. The molecule has 3 rings (SSSR count). The SMILES string of the molecule is COc1ccc(C(=O)/C(=C/c2ccccc2)c2ccccc2)cc1. The van der Waals surface area contributed by atoms with Crippen molar-refractivity contribution in [1.29, 1.82) is 0 Å². The molecule has 0 saturated carbocycles. The molecular weight excluding hydrogens is 296 g/mol. The number of Topliss-reactive ketones (excluding diaryl/α,β-unsaturated/α-hetero) is 1. The first-order valence-corrected chi connectivity index (χ1v) is 7.79. The Hall–Kier alpha value is -3.13. The molecule has 2 heteroatoms. The summed E-state index contributed by atoms with van der Waals surface area (Å²) in [6, 6.07) is 26.8. The molecule has 3 aromatic rings. The van der Waals surface area contributed by atoms with Crippen LogP contribution in [0.2, 0.25) is 0 Å². The Labute approximate surface area is 142 Å². The maximum atomic E-state index is 13.0. The maximum absolute atomic E-state index is 13.0. The average molecular weight is 314 g/mol. The number of allylic oxidation sites excluding steroid dienone is 1. The van der Waals surface area contributed by atoms with Crippen LogP contribution >= 0.6 is 0 Å². The quantitative estimate of drug-likeness (QED) is 0.371. The normalized spacial score (nSPS) is 11.1. The summed E-state index contributed by atoms with van der Waals surface area (Å²) in [6.07, 6.45) is 1.93. The van der Waals surface area contributed by atoms with Crippen LogP contribution in [0.4, 0.5) is 0 Å². The Kier molecular flexibility index (Phi) is 4.87.